The molecule has 0 aliphatic heterocycles. The van der Waals surface area contributed by atoms with Crippen LogP contribution in [0.25, 0.3) is 5.69 Å². The fraction of sp³-hybridized carbons (Fsp3) is 0.524. The Labute approximate surface area is 163 Å². The quantitative estimate of drug-likeness (QED) is 0.663. The molecule has 0 N–H and O–H groups in total. The Morgan fingerprint density at radius 2 is 1.30 bits per heavy atom. The number of para-hydroxylation sites is 1. The minimum Gasteiger partial charge on any atom is -0.255 e. The summed E-state index contributed by atoms with van der Waals surface area (Å²) in [6, 6.07) is 10.0. The van der Waals surface area contributed by atoms with Crippen LogP contribution in [0.4, 0.5) is 0 Å². The molecule has 1 aromatic carbocycles. The summed E-state index contributed by atoms with van der Waals surface area (Å²) in [6.45, 7) is 12.7. The SMILES string of the molecule is CC.CC(C)Cc1cn(-c2ccccc2)nn1.CC(C)Cc1cn(C)nn1. The lowest BCUT2D eigenvalue weighted by atomic mass is 10.1. The van der Waals surface area contributed by atoms with Gasteiger partial charge in [0.15, 0.2) is 0 Å². The van der Waals surface area contributed by atoms with E-state index in [1.54, 1.807) is 4.68 Å². The summed E-state index contributed by atoms with van der Waals surface area (Å²) in [4.78, 5) is 0. The average Bonchev–Trinajstić information content (AvgIpc) is 3.26. The van der Waals surface area contributed by atoms with E-state index >= 15 is 0 Å². The molecule has 0 unspecified atom stereocenters. The molecule has 0 atom stereocenters. The molecule has 0 aliphatic carbocycles. The molecular formula is C21H34N6. The van der Waals surface area contributed by atoms with Crippen molar-refractivity contribution in [1.82, 2.24) is 30.0 Å². The van der Waals surface area contributed by atoms with Crippen molar-refractivity contribution in [3.63, 3.8) is 0 Å². The van der Waals surface area contributed by atoms with Crippen molar-refractivity contribution < 1.29 is 0 Å². The second-order valence-corrected chi connectivity index (χ2v) is 7.07. The smallest absolute Gasteiger partial charge is 0.0834 e. The minimum absolute atomic E-state index is 0.617. The summed E-state index contributed by atoms with van der Waals surface area (Å²) in [7, 11) is 1.89. The van der Waals surface area contributed by atoms with Crippen LogP contribution in [0, 0.1) is 11.8 Å². The van der Waals surface area contributed by atoms with Crippen LogP contribution >= 0.6 is 0 Å². The second-order valence-electron chi connectivity index (χ2n) is 7.07. The summed E-state index contributed by atoms with van der Waals surface area (Å²) in [5.74, 6) is 1.28. The summed E-state index contributed by atoms with van der Waals surface area (Å²) in [6.07, 6.45) is 5.95. The summed E-state index contributed by atoms with van der Waals surface area (Å²) in [5, 5.41) is 16.1. The number of hydrogen-bond donors (Lipinski definition) is 0. The Morgan fingerprint density at radius 3 is 1.78 bits per heavy atom. The van der Waals surface area contributed by atoms with Gasteiger partial charge < -0.3 is 0 Å². The van der Waals surface area contributed by atoms with E-state index in [0.717, 1.165) is 29.9 Å². The van der Waals surface area contributed by atoms with E-state index in [4.69, 9.17) is 0 Å². The molecule has 3 rings (SSSR count). The van der Waals surface area contributed by atoms with Crippen LogP contribution < -0.4 is 0 Å². The number of aryl methyl sites for hydroxylation is 1. The largest absolute Gasteiger partial charge is 0.255 e. The van der Waals surface area contributed by atoms with E-state index in [-0.39, 0.29) is 0 Å². The molecule has 2 heterocycles. The molecule has 0 saturated carbocycles. The van der Waals surface area contributed by atoms with Gasteiger partial charge in [0.25, 0.3) is 0 Å². The van der Waals surface area contributed by atoms with Crippen molar-refractivity contribution in [1.29, 1.82) is 0 Å². The molecule has 27 heavy (non-hydrogen) atoms. The normalized spacial score (nSPS) is 10.3. The first-order valence-electron chi connectivity index (χ1n) is 9.76. The van der Waals surface area contributed by atoms with Gasteiger partial charge in [-0.05, 0) is 36.8 Å². The molecule has 0 radical (unpaired) electrons. The van der Waals surface area contributed by atoms with Crippen LogP contribution in [-0.2, 0) is 19.9 Å². The van der Waals surface area contributed by atoms with Gasteiger partial charge in [-0.1, -0.05) is 70.2 Å². The molecule has 148 valence electrons. The molecule has 3 aromatic rings. The maximum atomic E-state index is 4.15. The molecule has 2 aromatic heterocycles. The zero-order valence-corrected chi connectivity index (χ0v) is 17.8. The first-order chi connectivity index (χ1) is 12.9. The van der Waals surface area contributed by atoms with Crippen LogP contribution in [0.3, 0.4) is 0 Å². The third-order valence-corrected chi connectivity index (χ3v) is 3.45. The molecule has 0 saturated heterocycles. The van der Waals surface area contributed by atoms with E-state index in [2.05, 4.69) is 48.3 Å². The van der Waals surface area contributed by atoms with Crippen molar-refractivity contribution >= 4 is 0 Å². The van der Waals surface area contributed by atoms with Crippen LogP contribution in [0.5, 0.6) is 0 Å². The molecule has 6 nitrogen and oxygen atoms in total. The second kappa shape index (κ2) is 12.0. The number of rotatable bonds is 5. The van der Waals surface area contributed by atoms with Crippen LogP contribution in [0.15, 0.2) is 42.7 Å². The van der Waals surface area contributed by atoms with Crippen LogP contribution in [-0.4, -0.2) is 30.0 Å². The third kappa shape index (κ3) is 8.62. The molecule has 0 bridgehead atoms. The van der Waals surface area contributed by atoms with Gasteiger partial charge in [-0.3, -0.25) is 4.68 Å². The molecule has 6 heteroatoms. The van der Waals surface area contributed by atoms with Crippen molar-refractivity contribution in [3.8, 4) is 5.69 Å². The summed E-state index contributed by atoms with van der Waals surface area (Å²) < 4.78 is 3.55. The van der Waals surface area contributed by atoms with Crippen molar-refractivity contribution in [3.05, 3.63) is 54.1 Å². The van der Waals surface area contributed by atoms with E-state index in [1.165, 1.54) is 0 Å². The summed E-state index contributed by atoms with van der Waals surface area (Å²) >= 11 is 0. The van der Waals surface area contributed by atoms with Crippen molar-refractivity contribution in [2.24, 2.45) is 18.9 Å². The third-order valence-electron chi connectivity index (χ3n) is 3.45. The minimum atomic E-state index is 0.617. The summed E-state index contributed by atoms with van der Waals surface area (Å²) in [5.41, 5.74) is 3.19. The molecule has 0 fully saturated rings. The van der Waals surface area contributed by atoms with E-state index in [0.29, 0.717) is 11.8 Å². The lowest BCUT2D eigenvalue weighted by Crippen LogP contribution is -1.94. The Morgan fingerprint density at radius 1 is 0.778 bits per heavy atom. The van der Waals surface area contributed by atoms with Crippen LogP contribution in [0.2, 0.25) is 0 Å². The highest BCUT2D eigenvalue weighted by molar-refractivity contribution is 5.29. The Kier molecular flexibility index (Phi) is 10.0. The van der Waals surface area contributed by atoms with Gasteiger partial charge in [-0.2, -0.15) is 0 Å². The predicted octanol–water partition coefficient (Wildman–Crippen LogP) is 4.51. The Balaban J connectivity index is 0.000000265. The van der Waals surface area contributed by atoms with Gasteiger partial charge >= 0.3 is 0 Å². The zero-order chi connectivity index (χ0) is 20.2. The lowest BCUT2D eigenvalue weighted by Gasteiger charge is -1.99. The first kappa shape index (κ1) is 22.5. The number of benzene rings is 1. The highest BCUT2D eigenvalue weighted by atomic mass is 15.4. The van der Waals surface area contributed by atoms with Gasteiger partial charge in [-0.15, -0.1) is 10.2 Å². The average molecular weight is 371 g/mol. The Bertz CT molecular complexity index is 743. The maximum Gasteiger partial charge on any atom is 0.0834 e. The topological polar surface area (TPSA) is 61.4 Å². The maximum absolute atomic E-state index is 4.15. The van der Waals surface area contributed by atoms with Crippen LogP contribution in [0.1, 0.15) is 52.9 Å². The van der Waals surface area contributed by atoms with E-state index in [1.807, 2.05) is 68.3 Å². The zero-order valence-electron chi connectivity index (χ0n) is 17.8. The van der Waals surface area contributed by atoms with Crippen molar-refractivity contribution in [2.45, 2.75) is 54.4 Å². The van der Waals surface area contributed by atoms with Gasteiger partial charge in [0.05, 0.1) is 23.3 Å². The highest BCUT2D eigenvalue weighted by Crippen LogP contribution is 2.08. The van der Waals surface area contributed by atoms with Gasteiger partial charge in [0.2, 0.25) is 0 Å². The number of nitrogens with zero attached hydrogens (tertiary/aromatic N) is 6. The number of aromatic nitrogens is 6. The van der Waals surface area contributed by atoms with Gasteiger partial charge in [0, 0.05) is 13.2 Å². The first-order valence-corrected chi connectivity index (χ1v) is 9.76. The fourth-order valence-electron chi connectivity index (χ4n) is 2.42. The molecule has 0 aliphatic rings. The molecule has 0 spiro atoms. The van der Waals surface area contributed by atoms with Gasteiger partial charge in [0.1, 0.15) is 0 Å². The van der Waals surface area contributed by atoms with Gasteiger partial charge in [-0.25, -0.2) is 4.68 Å². The standard InChI is InChI=1S/C12H15N3.C7H13N3.C2H6/c1-10(2)8-11-9-15(14-13-11)12-6-4-3-5-7-12;1-6(2)4-7-5-10(3)9-8-7;1-2/h3-7,9-10H,8H2,1-2H3;5-6H,4H2,1-3H3;1-2H3. The Hall–Kier alpha value is -2.50. The molecule has 0 amide bonds. The highest BCUT2D eigenvalue weighted by Gasteiger charge is 2.04. The fourth-order valence-corrected chi connectivity index (χ4v) is 2.42. The number of hydrogen-bond acceptors (Lipinski definition) is 4. The molecular weight excluding hydrogens is 336 g/mol. The van der Waals surface area contributed by atoms with E-state index in [9.17, 15) is 0 Å². The van der Waals surface area contributed by atoms with Crippen molar-refractivity contribution in [2.75, 3.05) is 0 Å². The van der Waals surface area contributed by atoms with E-state index < -0.39 is 0 Å². The predicted molar refractivity (Wildman–Crippen MR) is 111 cm³/mol. The lowest BCUT2D eigenvalue weighted by molar-refractivity contribution is 0.633. The monoisotopic (exact) mass is 370 g/mol.